The molecule has 0 aliphatic heterocycles. The van der Waals surface area contributed by atoms with E-state index in [1.54, 1.807) is 19.2 Å². The summed E-state index contributed by atoms with van der Waals surface area (Å²) in [6.45, 7) is 6.01. The van der Waals surface area contributed by atoms with E-state index in [4.69, 9.17) is 0 Å². The van der Waals surface area contributed by atoms with Crippen LogP contribution in [0.1, 0.15) is 23.1 Å². The zero-order valence-electron chi connectivity index (χ0n) is 17.3. The minimum absolute atomic E-state index is 0.0538. The van der Waals surface area contributed by atoms with Gasteiger partial charge in [0.2, 0.25) is 11.8 Å². The maximum atomic E-state index is 12.3. The summed E-state index contributed by atoms with van der Waals surface area (Å²) in [5.41, 5.74) is 4.55. The fourth-order valence-electron chi connectivity index (χ4n) is 3.03. The second-order valence-corrected chi connectivity index (χ2v) is 7.07. The molecule has 0 heterocycles. The quantitative estimate of drug-likeness (QED) is 0.671. The molecule has 0 saturated heterocycles. The van der Waals surface area contributed by atoms with E-state index >= 15 is 0 Å². The van der Waals surface area contributed by atoms with E-state index in [1.807, 2.05) is 51.1 Å². The number of urea groups is 1. The van der Waals surface area contributed by atoms with E-state index in [-0.39, 0.29) is 37.4 Å². The number of carbonyl (C=O) groups excluding carboxylic acids is 3. The molecule has 0 bridgehead atoms. The Morgan fingerprint density at radius 3 is 2.17 bits per heavy atom. The van der Waals surface area contributed by atoms with E-state index in [9.17, 15) is 14.4 Å². The number of rotatable bonds is 7. The van der Waals surface area contributed by atoms with Gasteiger partial charge in [0.25, 0.3) is 0 Å². The number of amides is 4. The van der Waals surface area contributed by atoms with Crippen molar-refractivity contribution in [2.45, 2.75) is 27.2 Å². The van der Waals surface area contributed by atoms with Gasteiger partial charge in [-0.15, -0.1) is 0 Å². The van der Waals surface area contributed by atoms with Crippen LogP contribution in [0.2, 0.25) is 0 Å². The third kappa shape index (κ3) is 6.95. The lowest BCUT2D eigenvalue weighted by Crippen LogP contribution is -2.37. The van der Waals surface area contributed by atoms with Crippen LogP contribution in [0.4, 0.5) is 16.2 Å². The van der Waals surface area contributed by atoms with E-state index < -0.39 is 0 Å². The van der Waals surface area contributed by atoms with Gasteiger partial charge in [0, 0.05) is 31.4 Å². The van der Waals surface area contributed by atoms with Crippen LogP contribution >= 0.6 is 0 Å². The predicted octanol–water partition coefficient (Wildman–Crippen LogP) is 3.22. The van der Waals surface area contributed by atoms with Gasteiger partial charge in [-0.2, -0.15) is 0 Å². The zero-order chi connectivity index (χ0) is 21.4. The number of aryl methyl sites for hydroxylation is 3. The van der Waals surface area contributed by atoms with Gasteiger partial charge in [0.15, 0.2) is 0 Å². The van der Waals surface area contributed by atoms with E-state index in [1.165, 1.54) is 4.90 Å². The first-order valence-corrected chi connectivity index (χ1v) is 9.48. The van der Waals surface area contributed by atoms with Crippen LogP contribution in [-0.4, -0.2) is 42.9 Å². The predicted molar refractivity (Wildman–Crippen MR) is 115 cm³/mol. The number of nitrogens with zero attached hydrogens (tertiary/aromatic N) is 1. The van der Waals surface area contributed by atoms with Crippen molar-refractivity contribution in [1.82, 2.24) is 10.2 Å². The standard InChI is InChI=1S/C22H28N4O3/c1-15-12-16(2)21(17(3)13-15)25-19(27)14-26(4)20(28)10-11-23-22(29)24-18-8-6-5-7-9-18/h5-9,12-13H,10-11,14H2,1-4H3,(H,25,27)(H2,23,24,29). The highest BCUT2D eigenvalue weighted by atomic mass is 16.2. The molecule has 154 valence electrons. The second-order valence-electron chi connectivity index (χ2n) is 7.07. The van der Waals surface area contributed by atoms with Crippen LogP contribution in [0.25, 0.3) is 0 Å². The Kier molecular flexibility index (Phi) is 7.77. The summed E-state index contributed by atoms with van der Waals surface area (Å²) >= 11 is 0. The maximum Gasteiger partial charge on any atom is 0.319 e. The van der Waals surface area contributed by atoms with Gasteiger partial charge >= 0.3 is 6.03 Å². The lowest BCUT2D eigenvalue weighted by molar-refractivity contribution is -0.133. The topological polar surface area (TPSA) is 90.5 Å². The average molecular weight is 396 g/mol. The molecule has 0 spiro atoms. The third-order valence-corrected chi connectivity index (χ3v) is 4.40. The minimum atomic E-state index is -0.380. The van der Waals surface area contributed by atoms with Gasteiger partial charge in [-0.1, -0.05) is 35.9 Å². The number of nitrogens with one attached hydrogen (secondary N) is 3. The molecule has 0 radical (unpaired) electrons. The Hall–Kier alpha value is -3.35. The van der Waals surface area contributed by atoms with Gasteiger partial charge in [0.05, 0.1) is 6.54 Å². The molecule has 0 aliphatic carbocycles. The molecule has 2 aromatic carbocycles. The van der Waals surface area contributed by atoms with Crippen molar-refractivity contribution in [2.75, 3.05) is 30.8 Å². The molecule has 0 saturated carbocycles. The molecule has 0 unspecified atom stereocenters. The van der Waals surface area contributed by atoms with Gasteiger partial charge in [0.1, 0.15) is 0 Å². The number of hydrogen-bond acceptors (Lipinski definition) is 3. The molecule has 4 amide bonds. The summed E-state index contributed by atoms with van der Waals surface area (Å²) in [5, 5.41) is 8.19. The fourth-order valence-corrected chi connectivity index (χ4v) is 3.03. The number of para-hydroxylation sites is 1. The summed E-state index contributed by atoms with van der Waals surface area (Å²) in [5.74, 6) is -0.483. The van der Waals surface area contributed by atoms with Crippen molar-refractivity contribution in [2.24, 2.45) is 0 Å². The lowest BCUT2D eigenvalue weighted by atomic mass is 10.1. The Balaban J connectivity index is 1.75. The molecule has 0 aromatic heterocycles. The second kappa shape index (κ2) is 10.3. The number of hydrogen-bond donors (Lipinski definition) is 3. The van der Waals surface area contributed by atoms with Crippen molar-refractivity contribution < 1.29 is 14.4 Å². The summed E-state index contributed by atoms with van der Waals surface area (Å²) in [6, 6.07) is 12.7. The van der Waals surface area contributed by atoms with Crippen LogP contribution in [0.15, 0.2) is 42.5 Å². The lowest BCUT2D eigenvalue weighted by Gasteiger charge is -2.18. The zero-order valence-corrected chi connectivity index (χ0v) is 17.3. The number of carbonyl (C=O) groups is 3. The third-order valence-electron chi connectivity index (χ3n) is 4.40. The Morgan fingerprint density at radius 1 is 0.931 bits per heavy atom. The van der Waals surface area contributed by atoms with Crippen molar-refractivity contribution in [3.63, 3.8) is 0 Å². The molecule has 2 rings (SSSR count). The van der Waals surface area contributed by atoms with E-state index in [0.29, 0.717) is 5.69 Å². The number of anilines is 2. The highest BCUT2D eigenvalue weighted by Gasteiger charge is 2.15. The molecule has 0 aliphatic rings. The van der Waals surface area contributed by atoms with Crippen molar-refractivity contribution in [3.05, 3.63) is 59.2 Å². The largest absolute Gasteiger partial charge is 0.337 e. The number of likely N-dealkylation sites (N-methyl/N-ethyl adjacent to an activating group) is 1. The molecule has 7 heteroatoms. The first-order chi connectivity index (χ1) is 13.8. The maximum absolute atomic E-state index is 12.3. The van der Waals surface area contributed by atoms with Crippen LogP contribution in [0, 0.1) is 20.8 Å². The van der Waals surface area contributed by atoms with E-state index in [2.05, 4.69) is 16.0 Å². The Bertz CT molecular complexity index is 858. The van der Waals surface area contributed by atoms with Crippen LogP contribution in [0.3, 0.4) is 0 Å². The molecule has 0 atom stereocenters. The molecular weight excluding hydrogens is 368 g/mol. The molecule has 29 heavy (non-hydrogen) atoms. The minimum Gasteiger partial charge on any atom is -0.337 e. The Labute approximate surface area is 171 Å². The van der Waals surface area contributed by atoms with Gasteiger partial charge in [-0.05, 0) is 44.0 Å². The summed E-state index contributed by atoms with van der Waals surface area (Å²) in [7, 11) is 1.57. The summed E-state index contributed by atoms with van der Waals surface area (Å²) in [4.78, 5) is 37.7. The van der Waals surface area contributed by atoms with Crippen molar-refractivity contribution >= 4 is 29.2 Å². The molecule has 0 fully saturated rings. The summed E-state index contributed by atoms with van der Waals surface area (Å²) < 4.78 is 0. The van der Waals surface area contributed by atoms with Crippen molar-refractivity contribution in [1.29, 1.82) is 0 Å². The van der Waals surface area contributed by atoms with Crippen molar-refractivity contribution in [3.8, 4) is 0 Å². The first kappa shape index (κ1) is 21.9. The molecule has 3 N–H and O–H groups in total. The van der Waals surface area contributed by atoms with Gasteiger partial charge in [-0.3, -0.25) is 9.59 Å². The molecular formula is C22H28N4O3. The van der Waals surface area contributed by atoms with Crippen LogP contribution in [-0.2, 0) is 9.59 Å². The van der Waals surface area contributed by atoms with Crippen LogP contribution < -0.4 is 16.0 Å². The van der Waals surface area contributed by atoms with Crippen LogP contribution in [0.5, 0.6) is 0 Å². The monoisotopic (exact) mass is 396 g/mol. The smallest absolute Gasteiger partial charge is 0.319 e. The number of benzene rings is 2. The Morgan fingerprint density at radius 2 is 1.55 bits per heavy atom. The fraction of sp³-hybridized carbons (Fsp3) is 0.318. The highest BCUT2D eigenvalue weighted by Crippen LogP contribution is 2.21. The average Bonchev–Trinajstić information content (AvgIpc) is 2.65. The van der Waals surface area contributed by atoms with E-state index in [0.717, 1.165) is 22.4 Å². The molecule has 7 nitrogen and oxygen atoms in total. The normalized spacial score (nSPS) is 10.2. The first-order valence-electron chi connectivity index (χ1n) is 9.48. The SMILES string of the molecule is Cc1cc(C)c(NC(=O)CN(C)C(=O)CCNC(=O)Nc2ccccc2)c(C)c1. The highest BCUT2D eigenvalue weighted by molar-refractivity contribution is 5.96. The molecule has 2 aromatic rings. The van der Waals surface area contributed by atoms with Gasteiger partial charge in [-0.25, -0.2) is 4.79 Å². The van der Waals surface area contributed by atoms with Gasteiger partial charge < -0.3 is 20.9 Å². The summed E-state index contributed by atoms with van der Waals surface area (Å²) in [6.07, 6.45) is 0.106.